The van der Waals surface area contributed by atoms with E-state index in [0.29, 0.717) is 12.5 Å². The third kappa shape index (κ3) is 3.80. The maximum absolute atomic E-state index is 5.97. The second-order valence-corrected chi connectivity index (χ2v) is 6.13. The summed E-state index contributed by atoms with van der Waals surface area (Å²) in [6, 6.07) is 4.00. The van der Waals surface area contributed by atoms with Crippen LogP contribution in [0.4, 0.5) is 0 Å². The molecule has 0 aliphatic rings. The van der Waals surface area contributed by atoms with Crippen molar-refractivity contribution in [2.75, 3.05) is 6.61 Å². The molecular weight excluding hydrogens is 274 g/mol. The number of ether oxygens (including phenoxy) is 1. The Morgan fingerprint density at radius 3 is 2.68 bits per heavy atom. The quantitative estimate of drug-likeness (QED) is 0.704. The lowest BCUT2D eigenvalue weighted by Gasteiger charge is -2.08. The lowest BCUT2D eigenvalue weighted by molar-refractivity contribution is 0.306. The molecule has 0 radical (unpaired) electrons. The number of fused-ring (bicyclic) bond motifs is 1. The molecule has 2 rings (SSSR count). The average Bonchev–Trinajstić information content (AvgIpc) is 2.90. The van der Waals surface area contributed by atoms with Crippen molar-refractivity contribution in [3.63, 3.8) is 0 Å². The largest absolute Gasteiger partial charge is 0.490 e. The van der Waals surface area contributed by atoms with Gasteiger partial charge in [-0.05, 0) is 24.5 Å². The summed E-state index contributed by atoms with van der Waals surface area (Å²) in [5.74, 6) is 1.22. The van der Waals surface area contributed by atoms with E-state index in [0.717, 1.165) is 35.8 Å². The first-order valence-electron chi connectivity index (χ1n) is 8.51. The van der Waals surface area contributed by atoms with Crippen LogP contribution in [-0.4, -0.2) is 16.0 Å². The number of pyridine rings is 1. The summed E-state index contributed by atoms with van der Waals surface area (Å²) in [5.41, 5.74) is 8.96. The van der Waals surface area contributed by atoms with Crippen LogP contribution in [0, 0.1) is 0 Å². The highest BCUT2D eigenvalue weighted by Gasteiger charge is 2.16. The Morgan fingerprint density at radius 1 is 1.23 bits per heavy atom. The van der Waals surface area contributed by atoms with Gasteiger partial charge < -0.3 is 10.5 Å². The highest BCUT2D eigenvalue weighted by Crippen LogP contribution is 2.26. The Bertz CT molecular complexity index is 589. The van der Waals surface area contributed by atoms with Gasteiger partial charge in [-0.25, -0.2) is 4.98 Å². The molecule has 2 aromatic rings. The monoisotopic (exact) mass is 303 g/mol. The first-order chi connectivity index (χ1) is 10.7. The summed E-state index contributed by atoms with van der Waals surface area (Å²) in [4.78, 5) is 4.77. The molecule has 2 N–H and O–H groups in total. The third-order valence-electron chi connectivity index (χ3n) is 3.99. The number of nitrogens with two attached hydrogens (primary N) is 1. The second kappa shape index (κ2) is 8.18. The second-order valence-electron chi connectivity index (χ2n) is 6.13. The molecule has 4 heteroatoms. The summed E-state index contributed by atoms with van der Waals surface area (Å²) >= 11 is 0. The number of rotatable bonds is 9. The molecular formula is C18H29N3O. The Kier molecular flexibility index (Phi) is 6.25. The fraction of sp³-hybridized carbons (Fsp3) is 0.611. The summed E-state index contributed by atoms with van der Waals surface area (Å²) < 4.78 is 8.04. The van der Waals surface area contributed by atoms with E-state index >= 15 is 0 Å². The molecule has 0 amide bonds. The van der Waals surface area contributed by atoms with Crippen LogP contribution in [0.15, 0.2) is 18.3 Å². The molecule has 0 saturated heterocycles. The van der Waals surface area contributed by atoms with Gasteiger partial charge >= 0.3 is 0 Å². The summed E-state index contributed by atoms with van der Waals surface area (Å²) in [6.45, 7) is 7.78. The zero-order chi connectivity index (χ0) is 15.9. The van der Waals surface area contributed by atoms with E-state index in [1.165, 1.54) is 25.7 Å². The van der Waals surface area contributed by atoms with Crippen LogP contribution in [0.5, 0.6) is 5.75 Å². The molecule has 0 aliphatic carbocycles. The number of aromatic nitrogens is 2. The molecule has 22 heavy (non-hydrogen) atoms. The van der Waals surface area contributed by atoms with Gasteiger partial charge in [-0.2, -0.15) is 0 Å². The van der Waals surface area contributed by atoms with Crippen LogP contribution in [0.2, 0.25) is 0 Å². The van der Waals surface area contributed by atoms with Gasteiger partial charge in [0.25, 0.3) is 0 Å². The van der Waals surface area contributed by atoms with Gasteiger partial charge in [0, 0.05) is 12.7 Å². The fourth-order valence-corrected chi connectivity index (χ4v) is 2.77. The van der Waals surface area contributed by atoms with Crippen LogP contribution in [0.3, 0.4) is 0 Å². The normalized spacial score (nSPS) is 11.5. The summed E-state index contributed by atoms with van der Waals surface area (Å²) in [5, 5.41) is 0. The third-order valence-corrected chi connectivity index (χ3v) is 3.99. The zero-order valence-electron chi connectivity index (χ0n) is 14.1. The predicted octanol–water partition coefficient (Wildman–Crippen LogP) is 4.27. The van der Waals surface area contributed by atoms with E-state index < -0.39 is 0 Å². The number of hydrogen-bond donors (Lipinski definition) is 1. The molecule has 0 aliphatic heterocycles. The SMILES string of the molecule is CCCCCCCOc1cccn2c(CN)c(C(C)C)nc12. The molecule has 0 bridgehead atoms. The van der Waals surface area contributed by atoms with Gasteiger partial charge in [0.15, 0.2) is 11.4 Å². The number of imidazole rings is 1. The smallest absolute Gasteiger partial charge is 0.180 e. The highest BCUT2D eigenvalue weighted by atomic mass is 16.5. The lowest BCUT2D eigenvalue weighted by Crippen LogP contribution is -2.05. The van der Waals surface area contributed by atoms with E-state index in [-0.39, 0.29) is 0 Å². The molecule has 2 aromatic heterocycles. The number of unbranched alkanes of at least 4 members (excludes halogenated alkanes) is 4. The van der Waals surface area contributed by atoms with E-state index in [1.807, 2.05) is 18.3 Å². The Hall–Kier alpha value is -1.55. The van der Waals surface area contributed by atoms with Gasteiger partial charge in [0.1, 0.15) is 0 Å². The van der Waals surface area contributed by atoms with Crippen LogP contribution in [0.1, 0.15) is 70.2 Å². The van der Waals surface area contributed by atoms with Crippen molar-refractivity contribution < 1.29 is 4.74 Å². The molecule has 0 unspecified atom stereocenters. The Morgan fingerprint density at radius 2 is 2.00 bits per heavy atom. The average molecular weight is 303 g/mol. The van der Waals surface area contributed by atoms with Gasteiger partial charge in [-0.15, -0.1) is 0 Å². The molecule has 0 spiro atoms. The highest BCUT2D eigenvalue weighted by molar-refractivity contribution is 5.56. The summed E-state index contributed by atoms with van der Waals surface area (Å²) in [6.07, 6.45) is 8.23. The first-order valence-corrected chi connectivity index (χ1v) is 8.51. The first kappa shape index (κ1) is 16.8. The fourth-order valence-electron chi connectivity index (χ4n) is 2.77. The van der Waals surface area contributed by atoms with E-state index in [1.54, 1.807) is 0 Å². The molecule has 0 saturated carbocycles. The van der Waals surface area contributed by atoms with E-state index in [9.17, 15) is 0 Å². The number of hydrogen-bond acceptors (Lipinski definition) is 3. The van der Waals surface area contributed by atoms with Crippen molar-refractivity contribution >= 4 is 5.65 Å². The molecule has 0 atom stereocenters. The van der Waals surface area contributed by atoms with Crippen molar-refractivity contribution in [2.45, 2.75) is 65.3 Å². The zero-order valence-corrected chi connectivity index (χ0v) is 14.1. The minimum atomic E-state index is 0.361. The van der Waals surface area contributed by atoms with E-state index in [2.05, 4.69) is 25.2 Å². The Labute approximate surface area is 133 Å². The maximum Gasteiger partial charge on any atom is 0.180 e. The van der Waals surface area contributed by atoms with Crippen LogP contribution < -0.4 is 10.5 Å². The maximum atomic E-state index is 5.97. The van der Waals surface area contributed by atoms with Crippen LogP contribution in [0.25, 0.3) is 5.65 Å². The number of nitrogens with zero attached hydrogens (tertiary/aromatic N) is 2. The van der Waals surface area contributed by atoms with Crippen molar-refractivity contribution in [1.29, 1.82) is 0 Å². The molecule has 0 aromatic carbocycles. The minimum Gasteiger partial charge on any atom is -0.490 e. The predicted molar refractivity (Wildman–Crippen MR) is 91.4 cm³/mol. The van der Waals surface area contributed by atoms with Gasteiger partial charge in [0.05, 0.1) is 18.0 Å². The Balaban J connectivity index is 2.10. The van der Waals surface area contributed by atoms with Crippen molar-refractivity contribution in [3.05, 3.63) is 29.7 Å². The molecule has 0 fully saturated rings. The lowest BCUT2D eigenvalue weighted by atomic mass is 10.1. The minimum absolute atomic E-state index is 0.361. The van der Waals surface area contributed by atoms with Gasteiger partial charge in [0.2, 0.25) is 0 Å². The molecule has 2 heterocycles. The van der Waals surface area contributed by atoms with Crippen molar-refractivity contribution in [2.24, 2.45) is 5.73 Å². The molecule has 4 nitrogen and oxygen atoms in total. The molecule has 122 valence electrons. The van der Waals surface area contributed by atoms with Gasteiger partial charge in [-0.3, -0.25) is 4.40 Å². The summed E-state index contributed by atoms with van der Waals surface area (Å²) in [7, 11) is 0. The van der Waals surface area contributed by atoms with Crippen LogP contribution >= 0.6 is 0 Å². The van der Waals surface area contributed by atoms with Gasteiger partial charge in [-0.1, -0.05) is 46.5 Å². The van der Waals surface area contributed by atoms with E-state index in [4.69, 9.17) is 15.5 Å². The van der Waals surface area contributed by atoms with Crippen molar-refractivity contribution in [3.8, 4) is 5.75 Å². The topological polar surface area (TPSA) is 52.5 Å². The van der Waals surface area contributed by atoms with Crippen LogP contribution in [-0.2, 0) is 6.54 Å². The van der Waals surface area contributed by atoms with Crippen molar-refractivity contribution in [1.82, 2.24) is 9.38 Å². The standard InChI is InChI=1S/C18H29N3O/c1-4-5-6-7-8-12-22-16-10-9-11-21-15(13-19)17(14(2)3)20-18(16)21/h9-11,14H,4-8,12-13,19H2,1-3H3.